The minimum absolute atomic E-state index is 0.130. The number of nitrogens with zero attached hydrogens (tertiary/aromatic N) is 2. The van der Waals surface area contributed by atoms with Crippen molar-refractivity contribution in [2.24, 2.45) is 0 Å². The topological polar surface area (TPSA) is 82.9 Å². The molecule has 0 amide bonds. The highest BCUT2D eigenvalue weighted by Gasteiger charge is 2.37. The number of carbonyl (C=O) groups is 1. The fraction of sp³-hybridized carbons (Fsp3) is 0.182. The Morgan fingerprint density at radius 2 is 1.73 bits per heavy atom. The number of pyridine rings is 1. The Bertz CT molecular complexity index is 1060. The van der Waals surface area contributed by atoms with E-state index in [1.165, 1.54) is 17.0 Å². The van der Waals surface area contributed by atoms with Gasteiger partial charge < -0.3 is 19.8 Å². The highest BCUT2D eigenvalue weighted by molar-refractivity contribution is 6.33. The number of aliphatic carboxylic acids is 1. The van der Waals surface area contributed by atoms with Crippen molar-refractivity contribution in [2.75, 3.05) is 11.4 Å². The lowest BCUT2D eigenvalue weighted by atomic mass is 10.1. The largest absolute Gasteiger partial charge is 0.480 e. The van der Waals surface area contributed by atoms with E-state index in [2.05, 4.69) is 4.98 Å². The van der Waals surface area contributed by atoms with Gasteiger partial charge in [-0.25, -0.2) is 14.2 Å². The molecule has 2 heterocycles. The molecule has 1 fully saturated rings. The van der Waals surface area contributed by atoms with Crippen LogP contribution in [0.25, 0.3) is 11.1 Å². The number of carboxylic acids is 1. The van der Waals surface area contributed by atoms with Gasteiger partial charge in [-0.2, -0.15) is 0 Å². The minimum atomic E-state index is -1.02. The number of carboxylic acid groups (broad SMARTS) is 1. The normalized spacial score (nSPS) is 18.4. The maximum atomic E-state index is 13.0. The average molecular weight is 429 g/mol. The molecule has 0 spiro atoms. The Morgan fingerprint density at radius 3 is 2.33 bits per heavy atom. The molecule has 1 aliphatic heterocycles. The molecule has 154 valence electrons. The molecule has 2 atom stereocenters. The summed E-state index contributed by atoms with van der Waals surface area (Å²) in [4.78, 5) is 17.3. The summed E-state index contributed by atoms with van der Waals surface area (Å²) in [6.45, 7) is 0.165. The zero-order chi connectivity index (χ0) is 21.3. The van der Waals surface area contributed by atoms with Crippen molar-refractivity contribution in [3.8, 4) is 22.6 Å². The number of aliphatic hydroxyl groups excluding tert-OH is 1. The van der Waals surface area contributed by atoms with Crippen molar-refractivity contribution < 1.29 is 24.1 Å². The Labute approximate surface area is 177 Å². The van der Waals surface area contributed by atoms with E-state index in [1.807, 2.05) is 12.1 Å². The van der Waals surface area contributed by atoms with E-state index < -0.39 is 18.1 Å². The first kappa shape index (κ1) is 20.1. The van der Waals surface area contributed by atoms with Crippen LogP contribution in [0.15, 0.2) is 60.8 Å². The predicted octanol–water partition coefficient (Wildman–Crippen LogP) is 4.36. The molecule has 2 N–H and O–H groups in total. The number of benzene rings is 2. The Kier molecular flexibility index (Phi) is 5.57. The monoisotopic (exact) mass is 428 g/mol. The van der Waals surface area contributed by atoms with Crippen LogP contribution in [-0.2, 0) is 4.79 Å². The third-order valence-electron chi connectivity index (χ3n) is 4.89. The molecule has 1 aromatic heterocycles. The lowest BCUT2D eigenvalue weighted by molar-refractivity contribution is -0.138. The summed E-state index contributed by atoms with van der Waals surface area (Å²) in [5.41, 5.74) is 1.60. The van der Waals surface area contributed by atoms with E-state index in [9.17, 15) is 19.4 Å². The summed E-state index contributed by atoms with van der Waals surface area (Å²) in [5, 5.41) is 19.5. The highest BCUT2D eigenvalue weighted by atomic mass is 35.5. The van der Waals surface area contributed by atoms with Crippen LogP contribution in [0.1, 0.15) is 6.42 Å². The van der Waals surface area contributed by atoms with E-state index in [1.54, 1.807) is 36.5 Å². The first-order chi connectivity index (χ1) is 14.4. The standard InChI is InChI=1S/C22H18ClFN2O4/c23-19-9-14(11-25-21(19)26-12-16(27)10-20(26)22(28)29)13-1-5-17(6-2-13)30-18-7-3-15(24)4-8-18/h1-9,11,16,20,27H,10,12H2,(H,28,29). The molecule has 0 radical (unpaired) electrons. The van der Waals surface area contributed by atoms with Crippen molar-refractivity contribution in [1.82, 2.24) is 4.98 Å². The van der Waals surface area contributed by atoms with E-state index in [0.29, 0.717) is 22.3 Å². The van der Waals surface area contributed by atoms with Gasteiger partial charge in [0.15, 0.2) is 0 Å². The number of hydrogen-bond donors (Lipinski definition) is 2. The summed E-state index contributed by atoms with van der Waals surface area (Å²) in [5.74, 6) is 0.102. The maximum Gasteiger partial charge on any atom is 0.326 e. The number of rotatable bonds is 5. The zero-order valence-corrected chi connectivity index (χ0v) is 16.5. The summed E-state index contributed by atoms with van der Waals surface area (Å²) in [6, 6.07) is 13.8. The average Bonchev–Trinajstić information content (AvgIpc) is 3.12. The van der Waals surface area contributed by atoms with Crippen LogP contribution >= 0.6 is 11.6 Å². The van der Waals surface area contributed by atoms with Gasteiger partial charge in [0.2, 0.25) is 0 Å². The van der Waals surface area contributed by atoms with Crippen LogP contribution in [-0.4, -0.2) is 39.9 Å². The van der Waals surface area contributed by atoms with Crippen molar-refractivity contribution in [1.29, 1.82) is 0 Å². The molecule has 6 nitrogen and oxygen atoms in total. The van der Waals surface area contributed by atoms with Crippen LogP contribution in [0.5, 0.6) is 11.5 Å². The SMILES string of the molecule is O=C(O)C1CC(O)CN1c1ncc(-c2ccc(Oc3ccc(F)cc3)cc2)cc1Cl. The van der Waals surface area contributed by atoms with Gasteiger partial charge in [-0.3, -0.25) is 0 Å². The molecular formula is C22H18ClFN2O4. The van der Waals surface area contributed by atoms with E-state index in [-0.39, 0.29) is 18.8 Å². The molecule has 2 aromatic carbocycles. The van der Waals surface area contributed by atoms with Crippen LogP contribution in [0, 0.1) is 5.82 Å². The first-order valence-electron chi connectivity index (χ1n) is 9.27. The van der Waals surface area contributed by atoms with Gasteiger partial charge in [-0.05, 0) is 48.0 Å². The number of aromatic nitrogens is 1. The number of aliphatic hydroxyl groups is 1. The van der Waals surface area contributed by atoms with Crippen molar-refractivity contribution in [3.05, 3.63) is 71.6 Å². The molecule has 30 heavy (non-hydrogen) atoms. The van der Waals surface area contributed by atoms with E-state index >= 15 is 0 Å². The third-order valence-corrected chi connectivity index (χ3v) is 5.17. The molecule has 0 saturated carbocycles. The quantitative estimate of drug-likeness (QED) is 0.628. The van der Waals surface area contributed by atoms with Gasteiger partial charge in [-0.15, -0.1) is 0 Å². The van der Waals surface area contributed by atoms with Gasteiger partial charge >= 0.3 is 5.97 Å². The maximum absolute atomic E-state index is 13.0. The number of anilines is 1. The van der Waals surface area contributed by atoms with Gasteiger partial charge in [0.1, 0.15) is 29.2 Å². The second-order valence-electron chi connectivity index (χ2n) is 7.01. The summed E-state index contributed by atoms with van der Waals surface area (Å²) in [6.07, 6.45) is 1.00. The van der Waals surface area contributed by atoms with Crippen LogP contribution in [0.3, 0.4) is 0 Å². The number of β-amino-alcohol motifs (C(OH)–C–C–N with tert-alkyl or cyclic N) is 1. The molecular weight excluding hydrogens is 411 g/mol. The molecule has 2 unspecified atom stereocenters. The Hall–Kier alpha value is -3.16. The molecule has 1 aliphatic rings. The van der Waals surface area contributed by atoms with Gasteiger partial charge in [-0.1, -0.05) is 23.7 Å². The fourth-order valence-corrected chi connectivity index (χ4v) is 3.71. The Morgan fingerprint density at radius 1 is 1.10 bits per heavy atom. The summed E-state index contributed by atoms with van der Waals surface area (Å²) in [7, 11) is 0. The first-order valence-corrected chi connectivity index (χ1v) is 9.65. The van der Waals surface area contributed by atoms with Crippen molar-refractivity contribution >= 4 is 23.4 Å². The second-order valence-corrected chi connectivity index (χ2v) is 7.41. The van der Waals surface area contributed by atoms with Crippen molar-refractivity contribution in [3.63, 3.8) is 0 Å². The Balaban J connectivity index is 1.52. The number of halogens is 2. The van der Waals surface area contributed by atoms with E-state index in [0.717, 1.165) is 11.1 Å². The van der Waals surface area contributed by atoms with Crippen LogP contribution < -0.4 is 9.64 Å². The number of hydrogen-bond acceptors (Lipinski definition) is 5. The predicted molar refractivity (Wildman–Crippen MR) is 111 cm³/mol. The lowest BCUT2D eigenvalue weighted by Crippen LogP contribution is -2.36. The third kappa shape index (κ3) is 4.22. The van der Waals surface area contributed by atoms with Gasteiger partial charge in [0, 0.05) is 24.7 Å². The summed E-state index contributed by atoms with van der Waals surface area (Å²) < 4.78 is 18.7. The fourth-order valence-electron chi connectivity index (χ4n) is 3.44. The highest BCUT2D eigenvalue weighted by Crippen LogP contribution is 2.34. The minimum Gasteiger partial charge on any atom is -0.480 e. The molecule has 0 bridgehead atoms. The molecule has 8 heteroatoms. The lowest BCUT2D eigenvalue weighted by Gasteiger charge is -2.23. The molecule has 3 aromatic rings. The smallest absolute Gasteiger partial charge is 0.326 e. The zero-order valence-electron chi connectivity index (χ0n) is 15.7. The van der Waals surface area contributed by atoms with Crippen LogP contribution in [0.4, 0.5) is 10.2 Å². The second kappa shape index (κ2) is 8.30. The molecule has 0 aliphatic carbocycles. The van der Waals surface area contributed by atoms with Crippen molar-refractivity contribution in [2.45, 2.75) is 18.6 Å². The van der Waals surface area contributed by atoms with Crippen LogP contribution in [0.2, 0.25) is 5.02 Å². The summed E-state index contributed by atoms with van der Waals surface area (Å²) >= 11 is 6.39. The van der Waals surface area contributed by atoms with Gasteiger partial charge in [0.25, 0.3) is 0 Å². The molecule has 4 rings (SSSR count). The van der Waals surface area contributed by atoms with Gasteiger partial charge in [0.05, 0.1) is 11.1 Å². The molecule has 1 saturated heterocycles. The number of ether oxygens (including phenoxy) is 1. The van der Waals surface area contributed by atoms with E-state index in [4.69, 9.17) is 16.3 Å².